The summed E-state index contributed by atoms with van der Waals surface area (Å²) in [5.41, 5.74) is 5.07. The smallest absolute Gasteiger partial charge is 0.303 e. The summed E-state index contributed by atoms with van der Waals surface area (Å²) < 4.78 is 0. The molecule has 0 heterocycles. The quantitative estimate of drug-likeness (QED) is 0.621. The van der Waals surface area contributed by atoms with E-state index < -0.39 is 5.97 Å². The normalized spacial score (nSPS) is 10.7. The van der Waals surface area contributed by atoms with Crippen LogP contribution in [0.1, 0.15) is 50.2 Å². The largest absolute Gasteiger partial charge is 0.481 e. The molecule has 2 nitrogen and oxygen atoms in total. The lowest BCUT2D eigenvalue weighted by atomic mass is 9.97. The zero-order valence-electron chi connectivity index (χ0n) is 13.9. The van der Waals surface area contributed by atoms with Gasteiger partial charge in [-0.1, -0.05) is 68.3 Å². The molecule has 122 valence electrons. The Morgan fingerprint density at radius 2 is 1.43 bits per heavy atom. The van der Waals surface area contributed by atoms with E-state index in [9.17, 15) is 4.79 Å². The maximum absolute atomic E-state index is 10.6. The number of carboxylic acid groups (broad SMARTS) is 1. The van der Waals surface area contributed by atoms with E-state index >= 15 is 0 Å². The van der Waals surface area contributed by atoms with Crippen LogP contribution in [-0.4, -0.2) is 11.1 Å². The van der Waals surface area contributed by atoms with E-state index in [-0.39, 0.29) is 6.42 Å². The molecule has 0 amide bonds. The van der Waals surface area contributed by atoms with Gasteiger partial charge >= 0.3 is 5.97 Å². The van der Waals surface area contributed by atoms with Crippen LogP contribution in [0.25, 0.3) is 11.1 Å². The number of aliphatic carboxylic acids is 1. The molecule has 23 heavy (non-hydrogen) atoms. The van der Waals surface area contributed by atoms with Crippen LogP contribution in [0.3, 0.4) is 0 Å². The topological polar surface area (TPSA) is 37.3 Å². The molecule has 0 saturated carbocycles. The standard InChI is InChI=1S/C21H26O2/c1-2-3-4-8-17-9-5-12-19(15-17)20-13-6-10-18(16-20)11-7-14-21(22)23/h5-6,9-10,12-13,15-16H,2-4,7-8,11,14H2,1H3,(H,22,23). The highest BCUT2D eigenvalue weighted by Crippen LogP contribution is 2.23. The highest BCUT2D eigenvalue weighted by molar-refractivity contribution is 5.67. The highest BCUT2D eigenvalue weighted by Gasteiger charge is 2.03. The molecular formula is C21H26O2. The van der Waals surface area contributed by atoms with Crippen molar-refractivity contribution in [3.8, 4) is 11.1 Å². The summed E-state index contributed by atoms with van der Waals surface area (Å²) in [5.74, 6) is -0.721. The second kappa shape index (κ2) is 9.14. The van der Waals surface area contributed by atoms with Crippen LogP contribution in [0.4, 0.5) is 0 Å². The van der Waals surface area contributed by atoms with Crippen molar-refractivity contribution in [2.75, 3.05) is 0 Å². The summed E-state index contributed by atoms with van der Waals surface area (Å²) in [4.78, 5) is 10.6. The number of benzene rings is 2. The first-order valence-electron chi connectivity index (χ1n) is 8.59. The van der Waals surface area contributed by atoms with Gasteiger partial charge in [-0.15, -0.1) is 0 Å². The molecular weight excluding hydrogens is 284 g/mol. The number of hydrogen-bond acceptors (Lipinski definition) is 1. The van der Waals surface area contributed by atoms with Crippen LogP contribution in [0.2, 0.25) is 0 Å². The maximum atomic E-state index is 10.6. The third-order valence-electron chi connectivity index (χ3n) is 4.11. The van der Waals surface area contributed by atoms with Crippen molar-refractivity contribution < 1.29 is 9.90 Å². The van der Waals surface area contributed by atoms with Crippen molar-refractivity contribution in [2.24, 2.45) is 0 Å². The van der Waals surface area contributed by atoms with Crippen LogP contribution >= 0.6 is 0 Å². The van der Waals surface area contributed by atoms with E-state index in [2.05, 4.69) is 55.5 Å². The van der Waals surface area contributed by atoms with Crippen LogP contribution in [0, 0.1) is 0 Å². The minimum atomic E-state index is -0.721. The molecule has 0 aliphatic carbocycles. The summed E-state index contributed by atoms with van der Waals surface area (Å²) in [6.07, 6.45) is 6.65. The van der Waals surface area contributed by atoms with Crippen LogP contribution < -0.4 is 0 Å². The summed E-state index contributed by atoms with van der Waals surface area (Å²) >= 11 is 0. The molecule has 0 aliphatic rings. The molecule has 0 spiro atoms. The lowest BCUT2D eigenvalue weighted by Gasteiger charge is -2.08. The molecule has 0 aromatic heterocycles. The van der Waals surface area contributed by atoms with Crippen LogP contribution in [0.15, 0.2) is 48.5 Å². The molecule has 0 aliphatic heterocycles. The Morgan fingerprint density at radius 3 is 1.96 bits per heavy atom. The first kappa shape index (κ1) is 17.3. The van der Waals surface area contributed by atoms with Gasteiger partial charge in [0.1, 0.15) is 0 Å². The second-order valence-electron chi connectivity index (χ2n) is 6.11. The van der Waals surface area contributed by atoms with Gasteiger partial charge in [0.25, 0.3) is 0 Å². The van der Waals surface area contributed by atoms with Gasteiger partial charge < -0.3 is 5.11 Å². The SMILES string of the molecule is CCCCCc1cccc(-c2cccc(CCCC(=O)O)c2)c1. The Balaban J connectivity index is 2.05. The third-order valence-corrected chi connectivity index (χ3v) is 4.11. The zero-order valence-corrected chi connectivity index (χ0v) is 13.9. The Hall–Kier alpha value is -2.09. The van der Waals surface area contributed by atoms with E-state index in [1.807, 2.05) is 0 Å². The minimum Gasteiger partial charge on any atom is -0.481 e. The molecule has 2 aromatic carbocycles. The first-order chi connectivity index (χ1) is 11.2. The van der Waals surface area contributed by atoms with Crippen LogP contribution in [-0.2, 0) is 17.6 Å². The Kier molecular flexibility index (Phi) is 6.86. The Labute approximate surface area is 139 Å². The fourth-order valence-corrected chi connectivity index (χ4v) is 2.84. The Morgan fingerprint density at radius 1 is 0.870 bits per heavy atom. The van der Waals surface area contributed by atoms with Crippen molar-refractivity contribution >= 4 is 5.97 Å². The number of rotatable bonds is 9. The fourth-order valence-electron chi connectivity index (χ4n) is 2.84. The first-order valence-corrected chi connectivity index (χ1v) is 8.59. The van der Waals surface area contributed by atoms with Gasteiger partial charge in [0.05, 0.1) is 0 Å². The number of carboxylic acids is 1. The average Bonchev–Trinajstić information content (AvgIpc) is 2.55. The van der Waals surface area contributed by atoms with Gasteiger partial charge in [0, 0.05) is 6.42 Å². The molecule has 0 radical (unpaired) electrons. The zero-order chi connectivity index (χ0) is 16.5. The third kappa shape index (κ3) is 5.90. The van der Waals surface area contributed by atoms with E-state index in [4.69, 9.17) is 5.11 Å². The second-order valence-corrected chi connectivity index (χ2v) is 6.11. The Bertz CT molecular complexity index is 631. The van der Waals surface area contributed by atoms with E-state index in [0.717, 1.165) is 12.8 Å². The van der Waals surface area contributed by atoms with Gasteiger partial charge in [-0.05, 0) is 47.9 Å². The number of hydrogen-bond donors (Lipinski definition) is 1. The molecule has 2 aromatic rings. The molecule has 2 heteroatoms. The number of aryl methyl sites for hydroxylation is 2. The predicted molar refractivity (Wildman–Crippen MR) is 95.7 cm³/mol. The van der Waals surface area contributed by atoms with Gasteiger partial charge in [-0.2, -0.15) is 0 Å². The van der Waals surface area contributed by atoms with Crippen molar-refractivity contribution in [2.45, 2.75) is 51.9 Å². The average molecular weight is 310 g/mol. The van der Waals surface area contributed by atoms with E-state index in [1.165, 1.54) is 41.5 Å². The van der Waals surface area contributed by atoms with Crippen molar-refractivity contribution in [3.63, 3.8) is 0 Å². The van der Waals surface area contributed by atoms with Gasteiger partial charge in [-0.25, -0.2) is 0 Å². The summed E-state index contributed by atoms with van der Waals surface area (Å²) in [6, 6.07) is 17.2. The minimum absolute atomic E-state index is 0.233. The summed E-state index contributed by atoms with van der Waals surface area (Å²) in [5, 5.41) is 8.74. The predicted octanol–water partition coefficient (Wildman–Crippen LogP) is 5.49. The van der Waals surface area contributed by atoms with E-state index in [1.54, 1.807) is 0 Å². The van der Waals surface area contributed by atoms with Gasteiger partial charge in [0.15, 0.2) is 0 Å². The molecule has 0 unspecified atom stereocenters. The lowest BCUT2D eigenvalue weighted by Crippen LogP contribution is -1.96. The maximum Gasteiger partial charge on any atom is 0.303 e. The number of carbonyl (C=O) groups is 1. The molecule has 0 saturated heterocycles. The van der Waals surface area contributed by atoms with Gasteiger partial charge in [0.2, 0.25) is 0 Å². The van der Waals surface area contributed by atoms with Crippen molar-refractivity contribution in [1.82, 2.24) is 0 Å². The van der Waals surface area contributed by atoms with E-state index in [0.29, 0.717) is 6.42 Å². The van der Waals surface area contributed by atoms with Crippen molar-refractivity contribution in [3.05, 3.63) is 59.7 Å². The molecule has 0 bridgehead atoms. The summed E-state index contributed by atoms with van der Waals surface area (Å²) in [7, 11) is 0. The monoisotopic (exact) mass is 310 g/mol. The molecule has 2 rings (SSSR count). The number of unbranched alkanes of at least 4 members (excludes halogenated alkanes) is 2. The highest BCUT2D eigenvalue weighted by atomic mass is 16.4. The molecule has 1 N–H and O–H groups in total. The van der Waals surface area contributed by atoms with Crippen molar-refractivity contribution in [1.29, 1.82) is 0 Å². The summed E-state index contributed by atoms with van der Waals surface area (Å²) in [6.45, 7) is 2.23. The van der Waals surface area contributed by atoms with Crippen LogP contribution in [0.5, 0.6) is 0 Å². The molecule has 0 fully saturated rings. The van der Waals surface area contributed by atoms with Gasteiger partial charge in [-0.3, -0.25) is 4.79 Å². The lowest BCUT2D eigenvalue weighted by molar-refractivity contribution is -0.137. The molecule has 0 atom stereocenters. The fraction of sp³-hybridized carbons (Fsp3) is 0.381.